The predicted molar refractivity (Wildman–Crippen MR) is 98.4 cm³/mol. The molecule has 2 aromatic carbocycles. The van der Waals surface area contributed by atoms with Gasteiger partial charge in [0.1, 0.15) is 0 Å². The van der Waals surface area contributed by atoms with E-state index in [1.54, 1.807) is 11.8 Å². The maximum absolute atomic E-state index is 2.42. The second-order valence-corrected chi connectivity index (χ2v) is 6.46. The number of rotatable bonds is 7. The molecule has 2 aromatic rings. The highest BCUT2D eigenvalue weighted by molar-refractivity contribution is 7.99. The van der Waals surface area contributed by atoms with Crippen molar-refractivity contribution in [1.82, 2.24) is 4.90 Å². The van der Waals surface area contributed by atoms with Crippen molar-refractivity contribution >= 4 is 17.3 Å². The van der Waals surface area contributed by atoms with Crippen molar-refractivity contribution in [3.05, 3.63) is 66.2 Å². The molecule has 0 N–H and O–H groups in total. The molecule has 0 heterocycles. The van der Waals surface area contributed by atoms with E-state index in [-0.39, 0.29) is 0 Å². The molecule has 0 fully saturated rings. The summed E-state index contributed by atoms with van der Waals surface area (Å²) >= 11 is 1.81. The number of hydrogen-bond donors (Lipinski definition) is 0. The summed E-state index contributed by atoms with van der Waals surface area (Å²) in [4.78, 5) is 4.99. The van der Waals surface area contributed by atoms with Gasteiger partial charge in [0.25, 0.3) is 0 Å². The summed E-state index contributed by atoms with van der Waals surface area (Å²) in [5, 5.41) is 0. The summed E-state index contributed by atoms with van der Waals surface area (Å²) in [6.07, 6.45) is 2.33. The largest absolute Gasteiger partial charge is 0.300 e. The van der Waals surface area contributed by atoms with Crippen LogP contribution in [0, 0.1) is 0 Å². The van der Waals surface area contributed by atoms with Crippen LogP contribution >= 0.6 is 11.8 Å². The molecule has 0 saturated heterocycles. The second kappa shape index (κ2) is 8.82. The van der Waals surface area contributed by atoms with E-state index in [1.807, 2.05) is 0 Å². The molecule has 0 amide bonds. The summed E-state index contributed by atoms with van der Waals surface area (Å²) in [5.74, 6) is 0. The predicted octanol–water partition coefficient (Wildman–Crippen LogP) is 5.58. The first-order valence-corrected chi connectivity index (χ1v) is 8.77. The van der Waals surface area contributed by atoms with Gasteiger partial charge >= 0.3 is 0 Å². The molecule has 0 saturated carbocycles. The number of allylic oxidation sites excluding steroid dienone is 1. The molecule has 2 rings (SSSR count). The Morgan fingerprint density at radius 3 is 2.09 bits per heavy atom. The Kier molecular flexibility index (Phi) is 6.75. The topological polar surface area (TPSA) is 3.24 Å². The normalized spacial score (nSPS) is 11.9. The third-order valence-electron chi connectivity index (χ3n) is 3.84. The first-order valence-electron chi connectivity index (χ1n) is 7.95. The Morgan fingerprint density at radius 1 is 0.909 bits per heavy atom. The van der Waals surface area contributed by atoms with Crippen molar-refractivity contribution in [2.45, 2.75) is 30.6 Å². The van der Waals surface area contributed by atoms with E-state index in [2.05, 4.69) is 86.3 Å². The van der Waals surface area contributed by atoms with Crippen molar-refractivity contribution in [2.75, 3.05) is 19.6 Å². The Bertz CT molecular complexity index is 583. The van der Waals surface area contributed by atoms with Crippen molar-refractivity contribution in [3.8, 4) is 0 Å². The van der Waals surface area contributed by atoms with Gasteiger partial charge in [-0.15, -0.1) is 0 Å². The molecule has 0 unspecified atom stereocenters. The minimum atomic E-state index is 1.03. The van der Waals surface area contributed by atoms with E-state index in [0.717, 1.165) is 19.6 Å². The molecule has 116 valence electrons. The molecule has 0 radical (unpaired) electrons. The van der Waals surface area contributed by atoms with Crippen LogP contribution in [0.5, 0.6) is 0 Å². The standard InChI is InChI=1S/C20H25NS/c1-4-21(5-2)16-15-17(3)18-11-13-20(14-12-18)22-19-9-7-6-8-10-19/h6-15H,4-5,16H2,1-3H3. The lowest BCUT2D eigenvalue weighted by Crippen LogP contribution is -2.22. The number of nitrogens with zero attached hydrogens (tertiary/aromatic N) is 1. The van der Waals surface area contributed by atoms with Gasteiger partial charge in [0.2, 0.25) is 0 Å². The smallest absolute Gasteiger partial charge is 0.0168 e. The fourth-order valence-electron chi connectivity index (χ4n) is 2.28. The van der Waals surface area contributed by atoms with E-state index in [9.17, 15) is 0 Å². The molecule has 0 bridgehead atoms. The lowest BCUT2D eigenvalue weighted by molar-refractivity contribution is 0.337. The molecule has 0 aromatic heterocycles. The second-order valence-electron chi connectivity index (χ2n) is 5.31. The fourth-order valence-corrected chi connectivity index (χ4v) is 3.11. The molecular weight excluding hydrogens is 286 g/mol. The molecule has 0 atom stereocenters. The Hall–Kier alpha value is -1.51. The van der Waals surface area contributed by atoms with Crippen LogP contribution in [0.1, 0.15) is 26.3 Å². The molecule has 0 spiro atoms. The van der Waals surface area contributed by atoms with Crippen LogP contribution < -0.4 is 0 Å². The number of hydrogen-bond acceptors (Lipinski definition) is 2. The highest BCUT2D eigenvalue weighted by Gasteiger charge is 2.01. The van der Waals surface area contributed by atoms with Crippen molar-refractivity contribution in [2.24, 2.45) is 0 Å². The van der Waals surface area contributed by atoms with Crippen molar-refractivity contribution < 1.29 is 0 Å². The lowest BCUT2D eigenvalue weighted by atomic mass is 10.1. The zero-order valence-corrected chi connectivity index (χ0v) is 14.6. The zero-order chi connectivity index (χ0) is 15.8. The molecule has 22 heavy (non-hydrogen) atoms. The van der Waals surface area contributed by atoms with Gasteiger partial charge in [-0.05, 0) is 55.4 Å². The van der Waals surface area contributed by atoms with Gasteiger partial charge in [-0.1, -0.05) is 62.0 Å². The summed E-state index contributed by atoms with van der Waals surface area (Å²) in [6, 6.07) is 19.4. The SMILES string of the molecule is CCN(CC)CC=C(C)c1ccc(Sc2ccccc2)cc1. The van der Waals surface area contributed by atoms with Gasteiger partial charge in [0.15, 0.2) is 0 Å². The van der Waals surface area contributed by atoms with Crippen LogP contribution in [0.15, 0.2) is 70.5 Å². The first kappa shape index (κ1) is 16.9. The summed E-state index contributed by atoms with van der Waals surface area (Å²) < 4.78 is 0. The van der Waals surface area contributed by atoms with Crippen LogP contribution in [0.2, 0.25) is 0 Å². The van der Waals surface area contributed by atoms with Crippen LogP contribution in [0.4, 0.5) is 0 Å². The number of likely N-dealkylation sites (N-methyl/N-ethyl adjacent to an activating group) is 1. The molecule has 2 heteroatoms. The highest BCUT2D eigenvalue weighted by atomic mass is 32.2. The monoisotopic (exact) mass is 311 g/mol. The summed E-state index contributed by atoms with van der Waals surface area (Å²) in [5.41, 5.74) is 2.66. The van der Waals surface area contributed by atoms with E-state index < -0.39 is 0 Å². The Labute approximate surface area is 139 Å². The van der Waals surface area contributed by atoms with Gasteiger partial charge in [-0.25, -0.2) is 0 Å². The van der Waals surface area contributed by atoms with Crippen LogP contribution in [-0.2, 0) is 0 Å². The molecule has 1 nitrogen and oxygen atoms in total. The zero-order valence-electron chi connectivity index (χ0n) is 13.8. The van der Waals surface area contributed by atoms with Gasteiger partial charge in [-0.2, -0.15) is 0 Å². The average Bonchev–Trinajstić information content (AvgIpc) is 2.57. The average molecular weight is 311 g/mol. The van der Waals surface area contributed by atoms with E-state index in [4.69, 9.17) is 0 Å². The minimum absolute atomic E-state index is 1.03. The molecule has 0 aliphatic carbocycles. The lowest BCUT2D eigenvalue weighted by Gasteiger charge is -2.16. The van der Waals surface area contributed by atoms with Crippen LogP contribution in [0.25, 0.3) is 5.57 Å². The fraction of sp³-hybridized carbons (Fsp3) is 0.300. The van der Waals surface area contributed by atoms with Crippen molar-refractivity contribution in [3.63, 3.8) is 0 Å². The quantitative estimate of drug-likeness (QED) is 0.656. The van der Waals surface area contributed by atoms with E-state index >= 15 is 0 Å². The van der Waals surface area contributed by atoms with Crippen molar-refractivity contribution in [1.29, 1.82) is 0 Å². The van der Waals surface area contributed by atoms with Gasteiger partial charge in [0, 0.05) is 16.3 Å². The van der Waals surface area contributed by atoms with Crippen LogP contribution in [-0.4, -0.2) is 24.5 Å². The number of benzene rings is 2. The van der Waals surface area contributed by atoms with Gasteiger partial charge < -0.3 is 4.90 Å². The minimum Gasteiger partial charge on any atom is -0.300 e. The van der Waals surface area contributed by atoms with Gasteiger partial charge in [0.05, 0.1) is 0 Å². The Balaban J connectivity index is 2.00. The van der Waals surface area contributed by atoms with Crippen LogP contribution in [0.3, 0.4) is 0 Å². The molecular formula is C20H25NS. The third kappa shape index (κ3) is 5.04. The molecule has 0 aliphatic heterocycles. The summed E-state index contributed by atoms with van der Waals surface area (Å²) in [6.45, 7) is 9.85. The third-order valence-corrected chi connectivity index (χ3v) is 4.85. The van der Waals surface area contributed by atoms with Gasteiger partial charge in [-0.3, -0.25) is 0 Å². The first-order chi connectivity index (χ1) is 10.7. The highest BCUT2D eigenvalue weighted by Crippen LogP contribution is 2.28. The van der Waals surface area contributed by atoms with E-state index in [0.29, 0.717) is 0 Å². The summed E-state index contributed by atoms with van der Waals surface area (Å²) in [7, 11) is 0. The maximum atomic E-state index is 2.42. The van der Waals surface area contributed by atoms with E-state index in [1.165, 1.54) is 20.9 Å². The Morgan fingerprint density at radius 2 is 1.50 bits per heavy atom. The maximum Gasteiger partial charge on any atom is 0.0168 e. The molecule has 0 aliphatic rings.